The summed E-state index contributed by atoms with van der Waals surface area (Å²) >= 11 is 1.37. The number of rotatable bonds is 5. The molecule has 1 heterocycles. The van der Waals surface area contributed by atoms with E-state index in [2.05, 4.69) is 9.97 Å². The lowest BCUT2D eigenvalue weighted by atomic mass is 9.99. The molecule has 0 unspecified atom stereocenters. The first-order valence-corrected chi connectivity index (χ1v) is 7.76. The Hall–Kier alpha value is -2.08. The van der Waals surface area contributed by atoms with Crippen molar-refractivity contribution in [2.45, 2.75) is 24.9 Å². The van der Waals surface area contributed by atoms with Crippen molar-refractivity contribution >= 4 is 17.7 Å². The summed E-state index contributed by atoms with van der Waals surface area (Å²) in [4.78, 5) is 30.6. The van der Waals surface area contributed by atoms with Gasteiger partial charge in [-0.25, -0.2) is 9.78 Å². The molecule has 0 amide bonds. The van der Waals surface area contributed by atoms with Crippen LogP contribution in [0.2, 0.25) is 0 Å². The molecular weight excluding hydrogens is 288 g/mol. The highest BCUT2D eigenvalue weighted by Crippen LogP contribution is 2.16. The molecule has 2 rings (SSSR count). The Morgan fingerprint density at radius 2 is 2.10 bits per heavy atom. The SMILES string of the molecule is CCc1nc(SC)[nH]c(=O)c1Cc1ccccc1C(=O)O. The molecule has 0 atom stereocenters. The number of hydrogen-bond acceptors (Lipinski definition) is 4. The third kappa shape index (κ3) is 3.33. The van der Waals surface area contributed by atoms with E-state index in [1.165, 1.54) is 11.8 Å². The minimum Gasteiger partial charge on any atom is -0.478 e. The number of H-pyrrole nitrogens is 1. The second-order valence-electron chi connectivity index (χ2n) is 4.49. The number of hydrogen-bond donors (Lipinski definition) is 2. The summed E-state index contributed by atoms with van der Waals surface area (Å²) in [5.41, 5.74) is 1.87. The van der Waals surface area contributed by atoms with Gasteiger partial charge in [-0.1, -0.05) is 36.9 Å². The summed E-state index contributed by atoms with van der Waals surface area (Å²) in [5.74, 6) is -0.992. The normalized spacial score (nSPS) is 10.6. The van der Waals surface area contributed by atoms with Gasteiger partial charge in [0.15, 0.2) is 5.16 Å². The Morgan fingerprint density at radius 3 is 2.71 bits per heavy atom. The first-order chi connectivity index (χ1) is 10.1. The van der Waals surface area contributed by atoms with Gasteiger partial charge < -0.3 is 10.1 Å². The summed E-state index contributed by atoms with van der Waals surface area (Å²) < 4.78 is 0. The number of carbonyl (C=O) groups is 1. The summed E-state index contributed by atoms with van der Waals surface area (Å²) in [5, 5.41) is 9.79. The molecule has 5 nitrogen and oxygen atoms in total. The maximum atomic E-state index is 12.2. The molecule has 0 aliphatic carbocycles. The smallest absolute Gasteiger partial charge is 0.335 e. The van der Waals surface area contributed by atoms with Crippen LogP contribution in [0.15, 0.2) is 34.2 Å². The molecule has 0 saturated heterocycles. The van der Waals surface area contributed by atoms with Crippen molar-refractivity contribution in [3.8, 4) is 0 Å². The van der Waals surface area contributed by atoms with Crippen LogP contribution in [-0.4, -0.2) is 27.3 Å². The van der Waals surface area contributed by atoms with Gasteiger partial charge in [-0.3, -0.25) is 4.79 Å². The average Bonchev–Trinajstić information content (AvgIpc) is 2.49. The first-order valence-electron chi connectivity index (χ1n) is 6.54. The molecule has 0 aliphatic heterocycles. The molecule has 1 aromatic carbocycles. The van der Waals surface area contributed by atoms with Crippen LogP contribution in [0.25, 0.3) is 0 Å². The van der Waals surface area contributed by atoms with Gasteiger partial charge in [-0.05, 0) is 24.3 Å². The largest absolute Gasteiger partial charge is 0.478 e. The minimum absolute atomic E-state index is 0.202. The number of benzene rings is 1. The van der Waals surface area contributed by atoms with E-state index in [1.807, 2.05) is 13.2 Å². The summed E-state index contributed by atoms with van der Waals surface area (Å²) in [7, 11) is 0. The fraction of sp³-hybridized carbons (Fsp3) is 0.267. The monoisotopic (exact) mass is 304 g/mol. The van der Waals surface area contributed by atoms with E-state index in [9.17, 15) is 14.7 Å². The molecule has 0 aliphatic rings. The molecular formula is C15H16N2O3S. The zero-order valence-electron chi connectivity index (χ0n) is 11.8. The van der Waals surface area contributed by atoms with Crippen LogP contribution in [-0.2, 0) is 12.8 Å². The number of carboxylic acids is 1. The van der Waals surface area contributed by atoms with Crippen LogP contribution >= 0.6 is 11.8 Å². The van der Waals surface area contributed by atoms with E-state index in [0.29, 0.717) is 28.4 Å². The van der Waals surface area contributed by atoms with E-state index < -0.39 is 5.97 Å². The Morgan fingerprint density at radius 1 is 1.38 bits per heavy atom. The van der Waals surface area contributed by atoms with Crippen LogP contribution in [0.3, 0.4) is 0 Å². The third-order valence-electron chi connectivity index (χ3n) is 3.22. The molecule has 21 heavy (non-hydrogen) atoms. The van der Waals surface area contributed by atoms with Crippen LogP contribution < -0.4 is 5.56 Å². The Balaban J connectivity index is 2.50. The molecule has 0 fully saturated rings. The number of aromatic nitrogens is 2. The summed E-state index contributed by atoms with van der Waals surface area (Å²) in [6, 6.07) is 6.71. The highest BCUT2D eigenvalue weighted by Gasteiger charge is 2.15. The first kappa shape index (κ1) is 15.3. The fourth-order valence-corrected chi connectivity index (χ4v) is 2.56. The molecule has 0 saturated carbocycles. The summed E-state index contributed by atoms with van der Waals surface area (Å²) in [6.07, 6.45) is 2.74. The van der Waals surface area contributed by atoms with Crippen molar-refractivity contribution in [2.24, 2.45) is 0 Å². The predicted octanol–water partition coefficient (Wildman–Crippen LogP) is 2.34. The van der Waals surface area contributed by atoms with Crippen LogP contribution in [0.4, 0.5) is 0 Å². The van der Waals surface area contributed by atoms with Crippen molar-refractivity contribution in [1.29, 1.82) is 0 Å². The molecule has 110 valence electrons. The molecule has 2 N–H and O–H groups in total. The number of nitrogens with zero attached hydrogens (tertiary/aromatic N) is 1. The van der Waals surface area contributed by atoms with E-state index in [0.717, 1.165) is 0 Å². The van der Waals surface area contributed by atoms with Crippen molar-refractivity contribution in [1.82, 2.24) is 9.97 Å². The van der Waals surface area contributed by atoms with Crippen molar-refractivity contribution in [3.05, 3.63) is 57.0 Å². The van der Waals surface area contributed by atoms with Crippen molar-refractivity contribution in [2.75, 3.05) is 6.26 Å². The van der Waals surface area contributed by atoms with E-state index >= 15 is 0 Å². The minimum atomic E-state index is -0.992. The van der Waals surface area contributed by atoms with Gasteiger partial charge in [-0.2, -0.15) is 0 Å². The van der Waals surface area contributed by atoms with E-state index in [1.54, 1.807) is 24.3 Å². The number of aryl methyl sites for hydroxylation is 1. The van der Waals surface area contributed by atoms with Crippen LogP contribution in [0, 0.1) is 0 Å². The number of nitrogens with one attached hydrogen (secondary N) is 1. The average molecular weight is 304 g/mol. The van der Waals surface area contributed by atoms with Gasteiger partial charge in [-0.15, -0.1) is 0 Å². The fourth-order valence-electron chi connectivity index (χ4n) is 2.17. The number of thioether (sulfide) groups is 1. The molecule has 0 bridgehead atoms. The molecule has 2 aromatic rings. The lowest BCUT2D eigenvalue weighted by molar-refractivity contribution is 0.0696. The van der Waals surface area contributed by atoms with Gasteiger partial charge >= 0.3 is 5.97 Å². The lowest BCUT2D eigenvalue weighted by Crippen LogP contribution is -2.19. The highest BCUT2D eigenvalue weighted by molar-refractivity contribution is 7.98. The third-order valence-corrected chi connectivity index (χ3v) is 3.80. The van der Waals surface area contributed by atoms with Gasteiger partial charge in [0.25, 0.3) is 5.56 Å². The Kier molecular flexibility index (Phi) is 4.80. The van der Waals surface area contributed by atoms with Crippen molar-refractivity contribution < 1.29 is 9.90 Å². The Labute approximate surface area is 126 Å². The standard InChI is InChI=1S/C15H16N2O3S/c1-3-12-11(13(18)17-15(16-12)21-2)8-9-6-4-5-7-10(9)14(19)20/h4-7H,3,8H2,1-2H3,(H,19,20)(H,16,17,18). The molecule has 0 radical (unpaired) electrons. The number of aromatic amines is 1. The quantitative estimate of drug-likeness (QED) is 0.654. The predicted molar refractivity (Wildman–Crippen MR) is 82.2 cm³/mol. The maximum Gasteiger partial charge on any atom is 0.335 e. The molecule has 6 heteroatoms. The highest BCUT2D eigenvalue weighted by atomic mass is 32.2. The summed E-state index contributed by atoms with van der Waals surface area (Å²) in [6.45, 7) is 1.93. The van der Waals surface area contributed by atoms with E-state index in [4.69, 9.17) is 0 Å². The van der Waals surface area contributed by atoms with Crippen LogP contribution in [0.1, 0.15) is 34.1 Å². The van der Waals surface area contributed by atoms with Gasteiger partial charge in [0.1, 0.15) is 0 Å². The lowest BCUT2D eigenvalue weighted by Gasteiger charge is -2.09. The van der Waals surface area contributed by atoms with Gasteiger partial charge in [0.2, 0.25) is 0 Å². The second-order valence-corrected chi connectivity index (χ2v) is 5.29. The topological polar surface area (TPSA) is 83.0 Å². The molecule has 1 aromatic heterocycles. The zero-order chi connectivity index (χ0) is 15.4. The molecule has 0 spiro atoms. The Bertz CT molecular complexity index is 725. The second kappa shape index (κ2) is 6.58. The van der Waals surface area contributed by atoms with Gasteiger partial charge in [0.05, 0.1) is 11.3 Å². The number of aromatic carboxylic acids is 1. The van der Waals surface area contributed by atoms with Gasteiger partial charge in [0, 0.05) is 12.0 Å². The van der Waals surface area contributed by atoms with Crippen molar-refractivity contribution in [3.63, 3.8) is 0 Å². The number of carboxylic acid groups (broad SMARTS) is 1. The van der Waals surface area contributed by atoms with E-state index in [-0.39, 0.29) is 17.5 Å². The zero-order valence-corrected chi connectivity index (χ0v) is 12.7. The van der Waals surface area contributed by atoms with Crippen LogP contribution in [0.5, 0.6) is 0 Å². The maximum absolute atomic E-state index is 12.2.